The number of carbonyl (C=O) groups excluding carboxylic acids is 2. The molecule has 45 heavy (non-hydrogen) atoms. The van der Waals surface area contributed by atoms with Gasteiger partial charge >= 0.3 is 12.2 Å². The molecular formula is C29H28ClN9O6. The van der Waals surface area contributed by atoms with Crippen LogP contribution in [0.5, 0.6) is 0 Å². The molecule has 3 heterocycles. The maximum atomic E-state index is 13.3. The Labute approximate surface area is 260 Å². The summed E-state index contributed by atoms with van der Waals surface area (Å²) in [6, 6.07) is 12.5. The Morgan fingerprint density at radius 1 is 1.20 bits per heavy atom. The number of amides is 3. The van der Waals surface area contributed by atoms with Crippen molar-refractivity contribution in [3.05, 3.63) is 87.6 Å². The third kappa shape index (κ3) is 7.69. The molecule has 0 saturated carbocycles. The summed E-state index contributed by atoms with van der Waals surface area (Å²) in [5.41, 5.74) is 2.44. The van der Waals surface area contributed by atoms with Gasteiger partial charge in [0, 0.05) is 35.4 Å². The second-order valence-electron chi connectivity index (χ2n) is 10.2. The first kappa shape index (κ1) is 30.9. The molecule has 1 aliphatic heterocycles. The Kier molecular flexibility index (Phi) is 9.48. The first-order valence-corrected chi connectivity index (χ1v) is 14.1. The van der Waals surface area contributed by atoms with Gasteiger partial charge in [-0.1, -0.05) is 23.7 Å². The second-order valence-corrected chi connectivity index (χ2v) is 10.6. The molecule has 0 bridgehead atoms. The number of aromatic nitrogens is 6. The fourth-order valence-electron chi connectivity index (χ4n) is 5.03. The van der Waals surface area contributed by atoms with Crippen LogP contribution in [0.4, 0.5) is 15.3 Å². The van der Waals surface area contributed by atoms with Crippen molar-refractivity contribution >= 4 is 41.5 Å². The number of nitrogens with one attached hydrogen (secondary N) is 3. The van der Waals surface area contributed by atoms with Crippen molar-refractivity contribution < 1.29 is 24.2 Å². The number of likely N-dealkylation sites (tertiary alicyclic amines) is 1. The van der Waals surface area contributed by atoms with Crippen LogP contribution in [0.25, 0.3) is 22.9 Å². The number of halogens is 1. The minimum atomic E-state index is -1.00. The number of hydrogen-bond donors (Lipinski definition) is 4. The minimum absolute atomic E-state index is 0.0596. The van der Waals surface area contributed by atoms with Gasteiger partial charge in [0.25, 0.3) is 5.56 Å². The molecule has 3 amide bonds. The lowest BCUT2D eigenvalue weighted by Crippen LogP contribution is -2.32. The maximum absolute atomic E-state index is 13.3. The van der Waals surface area contributed by atoms with Gasteiger partial charge in [0.15, 0.2) is 0 Å². The number of carbonyl (C=O) groups is 3. The van der Waals surface area contributed by atoms with E-state index in [4.69, 9.17) is 11.6 Å². The Morgan fingerprint density at radius 3 is 2.69 bits per heavy atom. The Hall–Kier alpha value is -5.57. The first-order chi connectivity index (χ1) is 21.7. The van der Waals surface area contributed by atoms with E-state index in [1.165, 1.54) is 29.1 Å². The summed E-state index contributed by atoms with van der Waals surface area (Å²) >= 11 is 6.20. The zero-order valence-electron chi connectivity index (χ0n) is 23.9. The van der Waals surface area contributed by atoms with E-state index in [1.807, 2.05) is 0 Å². The molecule has 4 aromatic rings. The van der Waals surface area contributed by atoms with Crippen LogP contribution in [-0.4, -0.2) is 78.7 Å². The SMILES string of the molecule is COC(=O)Nc1ccc(-c2cc([C@H](CC3CCN(C(=O)O)C3)NC(=O)C=Cc3cc(Cl)ccc3-n3cnnn3)n[nH]c2=O)cc1. The van der Waals surface area contributed by atoms with E-state index in [9.17, 15) is 24.3 Å². The summed E-state index contributed by atoms with van der Waals surface area (Å²) in [5, 5.41) is 33.3. The van der Waals surface area contributed by atoms with Gasteiger partial charge in [0.05, 0.1) is 30.1 Å². The number of hydrogen-bond acceptors (Lipinski definition) is 9. The molecule has 5 rings (SSSR count). The number of aromatic amines is 1. The summed E-state index contributed by atoms with van der Waals surface area (Å²) in [6.07, 6.45) is 3.68. The third-order valence-electron chi connectivity index (χ3n) is 7.25. The van der Waals surface area contributed by atoms with Crippen LogP contribution in [0, 0.1) is 5.92 Å². The van der Waals surface area contributed by atoms with Crippen LogP contribution in [0.15, 0.2) is 65.7 Å². The van der Waals surface area contributed by atoms with Gasteiger partial charge < -0.3 is 20.1 Å². The second kappa shape index (κ2) is 13.8. The molecule has 1 unspecified atom stereocenters. The summed E-state index contributed by atoms with van der Waals surface area (Å²) in [6.45, 7) is 0.686. The quantitative estimate of drug-likeness (QED) is 0.198. The highest BCUT2D eigenvalue weighted by molar-refractivity contribution is 6.30. The lowest BCUT2D eigenvalue weighted by molar-refractivity contribution is -0.117. The first-order valence-electron chi connectivity index (χ1n) is 13.7. The summed E-state index contributed by atoms with van der Waals surface area (Å²) < 4.78 is 6.04. The summed E-state index contributed by atoms with van der Waals surface area (Å²) in [5.74, 6) is -0.515. The van der Waals surface area contributed by atoms with E-state index in [-0.39, 0.29) is 5.92 Å². The predicted octanol–water partition coefficient (Wildman–Crippen LogP) is 3.51. The third-order valence-corrected chi connectivity index (χ3v) is 7.48. The number of carboxylic acid groups (broad SMARTS) is 1. The lowest BCUT2D eigenvalue weighted by Gasteiger charge is -2.21. The van der Waals surface area contributed by atoms with Gasteiger partial charge in [0.1, 0.15) is 6.33 Å². The number of H-pyrrole nitrogens is 1. The number of nitrogens with zero attached hydrogens (tertiary/aromatic N) is 6. The van der Waals surface area contributed by atoms with E-state index in [0.29, 0.717) is 64.7 Å². The average molecular weight is 634 g/mol. The van der Waals surface area contributed by atoms with E-state index in [1.54, 1.807) is 54.6 Å². The molecule has 0 spiro atoms. The molecule has 232 valence electrons. The lowest BCUT2D eigenvalue weighted by atomic mass is 9.95. The molecule has 2 aromatic heterocycles. The van der Waals surface area contributed by atoms with Crippen LogP contribution in [0.3, 0.4) is 0 Å². The highest BCUT2D eigenvalue weighted by Crippen LogP contribution is 2.29. The van der Waals surface area contributed by atoms with Crippen LogP contribution < -0.4 is 16.2 Å². The molecule has 15 nitrogen and oxygen atoms in total. The van der Waals surface area contributed by atoms with Gasteiger partial charge in [-0.3, -0.25) is 14.9 Å². The molecule has 1 aliphatic rings. The largest absolute Gasteiger partial charge is 0.465 e. The number of anilines is 1. The molecule has 0 aliphatic carbocycles. The van der Waals surface area contributed by atoms with Crippen molar-refractivity contribution in [2.24, 2.45) is 5.92 Å². The standard InChI is InChI=1S/C29H28ClN9O6/c1-45-28(42)32-21-6-2-18(3-7-21)22-14-24(34-35-27(22)41)23(12-17-10-11-38(15-17)29(43)44)33-26(40)9-4-19-13-20(30)5-8-25(19)39-16-31-36-37-39/h2-9,13-14,16-17,23H,10-12,15H2,1H3,(H,32,42)(H,33,40)(H,35,41)(H,43,44)/t17?,23-/m0/s1. The number of rotatable bonds is 9. The van der Waals surface area contributed by atoms with E-state index in [2.05, 4.69) is 41.1 Å². The zero-order chi connectivity index (χ0) is 31.9. The van der Waals surface area contributed by atoms with E-state index < -0.39 is 29.7 Å². The van der Waals surface area contributed by atoms with Crippen molar-refractivity contribution in [1.29, 1.82) is 0 Å². The predicted molar refractivity (Wildman–Crippen MR) is 163 cm³/mol. The monoisotopic (exact) mass is 633 g/mol. The number of tetrazole rings is 1. The molecule has 2 atom stereocenters. The van der Waals surface area contributed by atoms with Crippen LogP contribution >= 0.6 is 11.6 Å². The van der Waals surface area contributed by atoms with Crippen LogP contribution in [0.1, 0.15) is 30.1 Å². The van der Waals surface area contributed by atoms with Crippen molar-refractivity contribution in [2.75, 3.05) is 25.5 Å². The minimum Gasteiger partial charge on any atom is -0.465 e. The van der Waals surface area contributed by atoms with E-state index >= 15 is 0 Å². The van der Waals surface area contributed by atoms with Gasteiger partial charge in [-0.2, -0.15) is 9.78 Å². The Bertz CT molecular complexity index is 1780. The molecular weight excluding hydrogens is 606 g/mol. The van der Waals surface area contributed by atoms with Crippen LogP contribution in [-0.2, 0) is 9.53 Å². The molecule has 1 saturated heterocycles. The maximum Gasteiger partial charge on any atom is 0.411 e. The number of benzene rings is 2. The van der Waals surface area contributed by atoms with E-state index in [0.717, 1.165) is 0 Å². The average Bonchev–Trinajstić information content (AvgIpc) is 3.74. The smallest absolute Gasteiger partial charge is 0.411 e. The highest BCUT2D eigenvalue weighted by atomic mass is 35.5. The van der Waals surface area contributed by atoms with Crippen molar-refractivity contribution in [3.8, 4) is 16.8 Å². The normalized spacial score (nSPS) is 15.2. The molecule has 1 fully saturated rings. The van der Waals surface area contributed by atoms with Gasteiger partial charge in [-0.25, -0.2) is 14.7 Å². The molecule has 0 radical (unpaired) electrons. The Balaban J connectivity index is 1.41. The van der Waals surface area contributed by atoms with Gasteiger partial charge in [0.2, 0.25) is 5.91 Å². The zero-order valence-corrected chi connectivity index (χ0v) is 24.6. The molecule has 2 aromatic carbocycles. The number of methoxy groups -OCH3 is 1. The molecule has 16 heteroatoms. The topological polar surface area (TPSA) is 197 Å². The Morgan fingerprint density at radius 2 is 2.00 bits per heavy atom. The number of ether oxygens (including phenoxy) is 1. The summed E-state index contributed by atoms with van der Waals surface area (Å²) in [7, 11) is 1.25. The highest BCUT2D eigenvalue weighted by Gasteiger charge is 2.30. The van der Waals surface area contributed by atoms with Gasteiger partial charge in [-0.05, 0) is 77.2 Å². The summed E-state index contributed by atoms with van der Waals surface area (Å²) in [4.78, 5) is 50.4. The van der Waals surface area contributed by atoms with Crippen molar-refractivity contribution in [2.45, 2.75) is 18.9 Å². The van der Waals surface area contributed by atoms with Crippen molar-refractivity contribution in [3.63, 3.8) is 0 Å². The fraction of sp³-hybridized carbons (Fsp3) is 0.241. The fourth-order valence-corrected chi connectivity index (χ4v) is 5.21. The molecule has 4 N–H and O–H groups in total. The van der Waals surface area contributed by atoms with Crippen molar-refractivity contribution in [1.82, 2.24) is 40.6 Å². The van der Waals surface area contributed by atoms with Crippen LogP contribution in [0.2, 0.25) is 5.02 Å². The van der Waals surface area contributed by atoms with Gasteiger partial charge in [-0.15, -0.1) is 5.10 Å².